The molecule has 0 saturated carbocycles. The van der Waals surface area contributed by atoms with Crippen molar-refractivity contribution in [3.63, 3.8) is 0 Å². The van der Waals surface area contributed by atoms with E-state index in [9.17, 15) is 4.79 Å². The minimum Gasteiger partial charge on any atom is -0.342 e. The summed E-state index contributed by atoms with van der Waals surface area (Å²) in [6, 6.07) is -0.0455. The second kappa shape index (κ2) is 5.92. The van der Waals surface area contributed by atoms with Gasteiger partial charge in [-0.3, -0.25) is 4.79 Å². The first kappa shape index (κ1) is 13.8. The summed E-state index contributed by atoms with van der Waals surface area (Å²) >= 11 is 1.94. The summed E-state index contributed by atoms with van der Waals surface area (Å²) in [6.07, 6.45) is 1.59. The van der Waals surface area contributed by atoms with Crippen molar-refractivity contribution >= 4 is 17.7 Å². The molecule has 0 aliphatic carbocycles. The molecule has 0 bridgehead atoms. The van der Waals surface area contributed by atoms with E-state index in [4.69, 9.17) is 5.73 Å². The van der Waals surface area contributed by atoms with Gasteiger partial charge in [0.05, 0.1) is 0 Å². The predicted octanol–water partition coefficient (Wildman–Crippen LogP) is 1.72. The Morgan fingerprint density at radius 2 is 2.06 bits per heavy atom. The highest BCUT2D eigenvalue weighted by Gasteiger charge is 2.25. The number of nitrogens with two attached hydrogens (primary N) is 1. The van der Waals surface area contributed by atoms with Crippen molar-refractivity contribution in [2.45, 2.75) is 39.7 Å². The van der Waals surface area contributed by atoms with Crippen molar-refractivity contribution in [1.29, 1.82) is 0 Å². The lowest BCUT2D eigenvalue weighted by Gasteiger charge is -2.29. The molecule has 1 atom stereocenters. The third-order valence-corrected chi connectivity index (χ3v) is 4.13. The molecular formula is C12H24N2OS. The van der Waals surface area contributed by atoms with Crippen molar-refractivity contribution in [2.75, 3.05) is 24.6 Å². The van der Waals surface area contributed by atoms with Crippen LogP contribution in [0.5, 0.6) is 0 Å². The van der Waals surface area contributed by atoms with Crippen molar-refractivity contribution < 1.29 is 4.79 Å². The van der Waals surface area contributed by atoms with Crippen LogP contribution in [0.15, 0.2) is 0 Å². The standard InChI is InChI=1S/C12H24N2OS/c1-12(2,3)10(13)9-11(15)14-5-4-7-16-8-6-14/h10H,4-9,13H2,1-3H3. The zero-order chi connectivity index (χ0) is 12.2. The summed E-state index contributed by atoms with van der Waals surface area (Å²) in [5.74, 6) is 2.47. The van der Waals surface area contributed by atoms with Crippen LogP contribution >= 0.6 is 11.8 Å². The van der Waals surface area contributed by atoms with E-state index in [0.717, 1.165) is 25.3 Å². The first-order valence-electron chi connectivity index (χ1n) is 6.02. The van der Waals surface area contributed by atoms with E-state index in [-0.39, 0.29) is 17.4 Å². The van der Waals surface area contributed by atoms with Gasteiger partial charge in [0.15, 0.2) is 0 Å². The molecule has 3 nitrogen and oxygen atoms in total. The monoisotopic (exact) mass is 244 g/mol. The highest BCUT2D eigenvalue weighted by molar-refractivity contribution is 7.99. The molecule has 16 heavy (non-hydrogen) atoms. The molecule has 1 fully saturated rings. The van der Waals surface area contributed by atoms with Gasteiger partial charge in [-0.1, -0.05) is 20.8 Å². The maximum atomic E-state index is 12.0. The average Bonchev–Trinajstić information content (AvgIpc) is 2.43. The number of hydrogen-bond donors (Lipinski definition) is 1. The molecular weight excluding hydrogens is 220 g/mol. The lowest BCUT2D eigenvalue weighted by atomic mass is 9.85. The van der Waals surface area contributed by atoms with E-state index in [1.807, 2.05) is 16.7 Å². The van der Waals surface area contributed by atoms with Gasteiger partial charge in [0.25, 0.3) is 0 Å². The van der Waals surface area contributed by atoms with Gasteiger partial charge in [-0.15, -0.1) is 0 Å². The molecule has 1 rings (SSSR count). The molecule has 1 heterocycles. The average molecular weight is 244 g/mol. The van der Waals surface area contributed by atoms with Gasteiger partial charge in [0, 0.05) is 31.3 Å². The Labute approximate surface area is 103 Å². The van der Waals surface area contributed by atoms with Crippen LogP contribution in [0.4, 0.5) is 0 Å². The summed E-state index contributed by atoms with van der Waals surface area (Å²) in [7, 11) is 0. The number of amides is 1. The topological polar surface area (TPSA) is 46.3 Å². The van der Waals surface area contributed by atoms with Gasteiger partial charge in [-0.05, 0) is 17.6 Å². The van der Waals surface area contributed by atoms with Crippen LogP contribution in [0.3, 0.4) is 0 Å². The summed E-state index contributed by atoms with van der Waals surface area (Å²) in [4.78, 5) is 14.0. The number of hydrogen-bond acceptors (Lipinski definition) is 3. The Bertz CT molecular complexity index is 230. The smallest absolute Gasteiger partial charge is 0.224 e. The van der Waals surface area contributed by atoms with E-state index in [0.29, 0.717) is 6.42 Å². The maximum Gasteiger partial charge on any atom is 0.224 e. The van der Waals surface area contributed by atoms with Gasteiger partial charge in [0.2, 0.25) is 5.91 Å². The van der Waals surface area contributed by atoms with Crippen molar-refractivity contribution in [2.24, 2.45) is 11.1 Å². The largest absolute Gasteiger partial charge is 0.342 e. The number of carbonyl (C=O) groups is 1. The molecule has 2 N–H and O–H groups in total. The van der Waals surface area contributed by atoms with Crippen LogP contribution in [0.2, 0.25) is 0 Å². The van der Waals surface area contributed by atoms with Crippen LogP contribution in [-0.4, -0.2) is 41.4 Å². The molecule has 0 aromatic rings. The molecule has 0 radical (unpaired) electrons. The normalized spacial score (nSPS) is 20.4. The van der Waals surface area contributed by atoms with Crippen molar-refractivity contribution in [3.8, 4) is 0 Å². The Morgan fingerprint density at radius 1 is 1.38 bits per heavy atom. The van der Waals surface area contributed by atoms with Crippen LogP contribution in [0.1, 0.15) is 33.6 Å². The molecule has 0 aromatic heterocycles. The van der Waals surface area contributed by atoms with Crippen LogP contribution in [0, 0.1) is 5.41 Å². The van der Waals surface area contributed by atoms with E-state index < -0.39 is 0 Å². The molecule has 4 heteroatoms. The van der Waals surface area contributed by atoms with E-state index in [2.05, 4.69) is 20.8 Å². The lowest BCUT2D eigenvalue weighted by molar-refractivity contribution is -0.131. The summed E-state index contributed by atoms with van der Waals surface area (Å²) < 4.78 is 0. The molecule has 1 aliphatic heterocycles. The number of carbonyl (C=O) groups excluding carboxylic acids is 1. The number of rotatable bonds is 2. The fourth-order valence-electron chi connectivity index (χ4n) is 1.62. The fourth-order valence-corrected chi connectivity index (χ4v) is 2.51. The van der Waals surface area contributed by atoms with E-state index >= 15 is 0 Å². The Kier molecular flexibility index (Phi) is 5.12. The van der Waals surface area contributed by atoms with Gasteiger partial charge < -0.3 is 10.6 Å². The quantitative estimate of drug-likeness (QED) is 0.804. The van der Waals surface area contributed by atoms with Gasteiger partial charge in [-0.25, -0.2) is 0 Å². The van der Waals surface area contributed by atoms with Crippen LogP contribution in [0.25, 0.3) is 0 Å². The predicted molar refractivity (Wildman–Crippen MR) is 70.6 cm³/mol. The Morgan fingerprint density at radius 3 is 2.69 bits per heavy atom. The molecule has 1 amide bonds. The summed E-state index contributed by atoms with van der Waals surface area (Å²) in [5.41, 5.74) is 6.05. The van der Waals surface area contributed by atoms with Crippen molar-refractivity contribution in [1.82, 2.24) is 4.90 Å². The van der Waals surface area contributed by atoms with E-state index in [1.165, 1.54) is 5.75 Å². The first-order chi connectivity index (χ1) is 7.41. The Balaban J connectivity index is 2.44. The second-order valence-corrected chi connectivity index (χ2v) is 6.75. The highest BCUT2D eigenvalue weighted by Crippen LogP contribution is 2.21. The second-order valence-electron chi connectivity index (χ2n) is 5.52. The van der Waals surface area contributed by atoms with Gasteiger partial charge >= 0.3 is 0 Å². The number of nitrogens with zero attached hydrogens (tertiary/aromatic N) is 1. The molecule has 1 unspecified atom stereocenters. The van der Waals surface area contributed by atoms with Crippen LogP contribution in [-0.2, 0) is 4.79 Å². The number of thioether (sulfide) groups is 1. The summed E-state index contributed by atoms with van der Waals surface area (Å²) in [6.45, 7) is 8.05. The highest BCUT2D eigenvalue weighted by atomic mass is 32.2. The zero-order valence-corrected chi connectivity index (χ0v) is 11.5. The van der Waals surface area contributed by atoms with Gasteiger partial charge in [0.1, 0.15) is 0 Å². The molecule has 1 saturated heterocycles. The Hall–Kier alpha value is -0.220. The molecule has 0 aromatic carbocycles. The molecule has 0 spiro atoms. The maximum absolute atomic E-state index is 12.0. The minimum absolute atomic E-state index is 0.0102. The summed E-state index contributed by atoms with van der Waals surface area (Å²) in [5, 5.41) is 0. The molecule has 94 valence electrons. The minimum atomic E-state index is -0.0455. The SMILES string of the molecule is CC(C)(C)C(N)CC(=O)N1CCCSCC1. The lowest BCUT2D eigenvalue weighted by Crippen LogP contribution is -2.42. The third kappa shape index (κ3) is 4.34. The first-order valence-corrected chi connectivity index (χ1v) is 7.18. The zero-order valence-electron chi connectivity index (χ0n) is 10.7. The molecule has 1 aliphatic rings. The van der Waals surface area contributed by atoms with Crippen LogP contribution < -0.4 is 5.73 Å². The van der Waals surface area contributed by atoms with E-state index in [1.54, 1.807) is 0 Å². The fraction of sp³-hybridized carbons (Fsp3) is 0.917. The third-order valence-electron chi connectivity index (χ3n) is 3.08. The van der Waals surface area contributed by atoms with Crippen molar-refractivity contribution in [3.05, 3.63) is 0 Å². The van der Waals surface area contributed by atoms with Gasteiger partial charge in [-0.2, -0.15) is 11.8 Å².